The van der Waals surface area contributed by atoms with Gasteiger partial charge in [-0.2, -0.15) is 0 Å². The molecule has 0 bridgehead atoms. The fraction of sp³-hybridized carbons (Fsp3) is 0.895. The summed E-state index contributed by atoms with van der Waals surface area (Å²) in [5.74, 6) is 1.11. The number of likely N-dealkylation sites (tertiary alicyclic amines) is 1. The van der Waals surface area contributed by atoms with Gasteiger partial charge in [0, 0.05) is 51.2 Å². The van der Waals surface area contributed by atoms with E-state index in [2.05, 4.69) is 22.5 Å². The monoisotopic (exact) mass is 350 g/mol. The van der Waals surface area contributed by atoms with E-state index in [1.165, 1.54) is 32.1 Å². The molecule has 1 heterocycles. The molecule has 1 spiro atoms. The Morgan fingerprint density at radius 1 is 1.32 bits per heavy atom. The molecular formula is C19H34N4O2. The third-order valence-electron chi connectivity index (χ3n) is 6.44. The lowest BCUT2D eigenvalue weighted by Crippen LogP contribution is -2.67. The second-order valence-electron chi connectivity index (χ2n) is 7.90. The number of ether oxygens (including phenoxy) is 1. The Morgan fingerprint density at radius 3 is 2.72 bits per heavy atom. The van der Waals surface area contributed by atoms with Gasteiger partial charge in [0.05, 0.1) is 6.10 Å². The number of nitrogens with one attached hydrogen (secondary N) is 2. The summed E-state index contributed by atoms with van der Waals surface area (Å²) in [5.41, 5.74) is 0.283. The molecule has 6 heteroatoms. The van der Waals surface area contributed by atoms with Gasteiger partial charge < -0.3 is 20.3 Å². The van der Waals surface area contributed by atoms with Gasteiger partial charge in [0.15, 0.2) is 5.96 Å². The molecule has 142 valence electrons. The summed E-state index contributed by atoms with van der Waals surface area (Å²) in [5, 5.41) is 7.21. The number of nitrogens with zero attached hydrogens (tertiary/aromatic N) is 2. The minimum atomic E-state index is 0.237. The van der Waals surface area contributed by atoms with Gasteiger partial charge in [-0.05, 0) is 32.6 Å². The Balaban J connectivity index is 1.59. The fourth-order valence-electron chi connectivity index (χ4n) is 4.92. The first-order valence-corrected chi connectivity index (χ1v) is 9.94. The number of hydrogen-bond acceptors (Lipinski definition) is 3. The molecule has 2 aliphatic carbocycles. The van der Waals surface area contributed by atoms with Crippen molar-refractivity contribution in [3.63, 3.8) is 0 Å². The zero-order valence-electron chi connectivity index (χ0n) is 16.0. The van der Waals surface area contributed by atoms with Crippen molar-refractivity contribution < 1.29 is 9.53 Å². The van der Waals surface area contributed by atoms with Crippen molar-refractivity contribution >= 4 is 11.9 Å². The Bertz CT molecular complexity index is 502. The number of rotatable bonds is 4. The van der Waals surface area contributed by atoms with Crippen LogP contribution in [0, 0.1) is 5.41 Å². The summed E-state index contributed by atoms with van der Waals surface area (Å²) in [6.45, 7) is 3.64. The summed E-state index contributed by atoms with van der Waals surface area (Å²) >= 11 is 0. The predicted molar refractivity (Wildman–Crippen MR) is 99.6 cm³/mol. The third-order valence-corrected chi connectivity index (χ3v) is 6.44. The highest BCUT2D eigenvalue weighted by atomic mass is 16.5. The first-order chi connectivity index (χ1) is 12.1. The summed E-state index contributed by atoms with van der Waals surface area (Å²) < 4.78 is 6.05. The van der Waals surface area contributed by atoms with E-state index in [-0.39, 0.29) is 17.4 Å². The predicted octanol–water partition coefficient (Wildman–Crippen LogP) is 1.90. The van der Waals surface area contributed by atoms with Crippen LogP contribution >= 0.6 is 0 Å². The lowest BCUT2D eigenvalue weighted by molar-refractivity contribution is -0.145. The number of amides is 1. The van der Waals surface area contributed by atoms with Crippen molar-refractivity contribution in [2.45, 2.75) is 76.5 Å². The number of piperidine rings is 1. The largest absolute Gasteiger partial charge is 0.378 e. The highest BCUT2D eigenvalue weighted by Crippen LogP contribution is 2.53. The molecule has 3 rings (SSSR count). The minimum absolute atomic E-state index is 0.237. The van der Waals surface area contributed by atoms with E-state index >= 15 is 0 Å². The Kier molecular flexibility index (Phi) is 5.87. The van der Waals surface area contributed by atoms with Gasteiger partial charge in [0.2, 0.25) is 5.91 Å². The van der Waals surface area contributed by atoms with Gasteiger partial charge in [-0.15, -0.1) is 0 Å². The Morgan fingerprint density at radius 2 is 2.08 bits per heavy atom. The van der Waals surface area contributed by atoms with Gasteiger partial charge in [0.1, 0.15) is 0 Å². The molecule has 2 saturated carbocycles. The maximum atomic E-state index is 11.7. The molecule has 6 nitrogen and oxygen atoms in total. The van der Waals surface area contributed by atoms with E-state index in [4.69, 9.17) is 4.74 Å². The standard InChI is InChI=1S/C19H34N4O2/c1-4-25-16-12-15(19(16)10-6-5-7-11-19)22-18(20-2)21-14-8-9-17(24)23(3)13-14/h14-16H,4-13H2,1-3H3,(H2,20,21,22). The maximum Gasteiger partial charge on any atom is 0.222 e. The molecule has 25 heavy (non-hydrogen) atoms. The lowest BCUT2D eigenvalue weighted by Gasteiger charge is -2.58. The summed E-state index contributed by atoms with van der Waals surface area (Å²) in [6, 6.07) is 0.720. The number of aliphatic imine (C=N–C) groups is 1. The first kappa shape index (κ1) is 18.5. The molecule has 3 fully saturated rings. The third kappa shape index (κ3) is 3.78. The molecule has 1 saturated heterocycles. The fourth-order valence-corrected chi connectivity index (χ4v) is 4.92. The van der Waals surface area contributed by atoms with Crippen LogP contribution in [0.3, 0.4) is 0 Å². The molecule has 0 aromatic rings. The van der Waals surface area contributed by atoms with Crippen LogP contribution in [0.25, 0.3) is 0 Å². The van der Waals surface area contributed by atoms with Crippen LogP contribution in [-0.4, -0.2) is 62.2 Å². The summed E-state index contributed by atoms with van der Waals surface area (Å²) in [7, 11) is 3.71. The lowest BCUT2D eigenvalue weighted by atomic mass is 9.55. The summed E-state index contributed by atoms with van der Waals surface area (Å²) in [4.78, 5) is 17.9. The number of likely N-dealkylation sites (N-methyl/N-ethyl adjacent to an activating group) is 1. The normalized spacial score (nSPS) is 32.4. The van der Waals surface area contributed by atoms with E-state index in [0.717, 1.165) is 32.0 Å². The molecule has 0 radical (unpaired) electrons. The number of guanidine groups is 1. The van der Waals surface area contributed by atoms with E-state index in [1.807, 2.05) is 19.0 Å². The summed E-state index contributed by atoms with van der Waals surface area (Å²) in [6.07, 6.45) is 9.44. The topological polar surface area (TPSA) is 66.0 Å². The van der Waals surface area contributed by atoms with Crippen LogP contribution in [0.2, 0.25) is 0 Å². The van der Waals surface area contributed by atoms with Crippen LogP contribution < -0.4 is 10.6 Å². The van der Waals surface area contributed by atoms with Crippen LogP contribution in [0.1, 0.15) is 58.3 Å². The van der Waals surface area contributed by atoms with Gasteiger partial charge in [0.25, 0.3) is 0 Å². The first-order valence-electron chi connectivity index (χ1n) is 9.94. The van der Waals surface area contributed by atoms with Crippen molar-refractivity contribution in [1.29, 1.82) is 0 Å². The highest BCUT2D eigenvalue weighted by molar-refractivity contribution is 5.81. The molecule has 3 unspecified atom stereocenters. The molecule has 2 N–H and O–H groups in total. The molecule has 0 aromatic heterocycles. The van der Waals surface area contributed by atoms with Gasteiger partial charge in [-0.1, -0.05) is 19.3 Å². The smallest absolute Gasteiger partial charge is 0.222 e. The molecule has 3 atom stereocenters. The van der Waals surface area contributed by atoms with E-state index < -0.39 is 0 Å². The number of carbonyl (C=O) groups excluding carboxylic acids is 1. The molecule has 1 aliphatic heterocycles. The number of carbonyl (C=O) groups is 1. The van der Waals surface area contributed by atoms with Crippen LogP contribution in [0.15, 0.2) is 4.99 Å². The van der Waals surface area contributed by atoms with Crippen molar-refractivity contribution in [3.8, 4) is 0 Å². The van der Waals surface area contributed by atoms with Crippen molar-refractivity contribution in [1.82, 2.24) is 15.5 Å². The molecule has 1 amide bonds. The van der Waals surface area contributed by atoms with Crippen molar-refractivity contribution in [2.24, 2.45) is 10.4 Å². The molecule has 0 aromatic carbocycles. The van der Waals surface area contributed by atoms with Crippen LogP contribution in [0.4, 0.5) is 0 Å². The Hall–Kier alpha value is -1.30. The van der Waals surface area contributed by atoms with Gasteiger partial charge >= 0.3 is 0 Å². The highest BCUT2D eigenvalue weighted by Gasteiger charge is 2.55. The SMILES string of the molecule is CCOC1CC(NC(=NC)NC2CCC(=O)N(C)C2)C12CCCCC2. The second kappa shape index (κ2) is 7.94. The van der Waals surface area contributed by atoms with Crippen molar-refractivity contribution in [3.05, 3.63) is 0 Å². The Labute approximate surface area is 151 Å². The van der Waals surface area contributed by atoms with E-state index in [0.29, 0.717) is 18.6 Å². The van der Waals surface area contributed by atoms with Crippen LogP contribution in [0.5, 0.6) is 0 Å². The van der Waals surface area contributed by atoms with E-state index in [1.54, 1.807) is 0 Å². The molecule has 3 aliphatic rings. The quantitative estimate of drug-likeness (QED) is 0.600. The molecular weight excluding hydrogens is 316 g/mol. The van der Waals surface area contributed by atoms with Crippen LogP contribution in [-0.2, 0) is 9.53 Å². The average molecular weight is 351 g/mol. The maximum absolute atomic E-state index is 11.7. The number of hydrogen-bond donors (Lipinski definition) is 2. The zero-order valence-corrected chi connectivity index (χ0v) is 16.0. The second-order valence-corrected chi connectivity index (χ2v) is 7.90. The zero-order chi connectivity index (χ0) is 17.9. The van der Waals surface area contributed by atoms with Gasteiger partial charge in [-0.25, -0.2) is 0 Å². The van der Waals surface area contributed by atoms with E-state index in [9.17, 15) is 4.79 Å². The van der Waals surface area contributed by atoms with Crippen molar-refractivity contribution in [2.75, 3.05) is 27.2 Å². The average Bonchev–Trinajstić information content (AvgIpc) is 2.63. The van der Waals surface area contributed by atoms with Gasteiger partial charge in [-0.3, -0.25) is 9.79 Å². The minimum Gasteiger partial charge on any atom is -0.378 e.